The fourth-order valence-electron chi connectivity index (χ4n) is 1.20. The number of hydrogen-bond donors (Lipinski definition) is 3. The lowest BCUT2D eigenvalue weighted by atomic mass is 10.4. The van der Waals surface area contributed by atoms with Gasteiger partial charge in [0.05, 0.1) is 0 Å². The van der Waals surface area contributed by atoms with E-state index in [1.807, 2.05) is 0 Å². The van der Waals surface area contributed by atoms with Crippen LogP contribution in [0.15, 0.2) is 12.3 Å². The molecule has 0 aliphatic heterocycles. The van der Waals surface area contributed by atoms with E-state index in [1.54, 1.807) is 0 Å². The fourth-order valence-corrected chi connectivity index (χ4v) is 1.20. The summed E-state index contributed by atoms with van der Waals surface area (Å²) in [7, 11) is 0. The second-order valence-electron chi connectivity index (χ2n) is 3.58. The van der Waals surface area contributed by atoms with E-state index < -0.39 is 11.9 Å². The van der Waals surface area contributed by atoms with Gasteiger partial charge in [-0.25, -0.2) is 9.97 Å². The summed E-state index contributed by atoms with van der Waals surface area (Å²) in [6, 6.07) is 0.786. The maximum absolute atomic E-state index is 12.4. The Morgan fingerprint density at radius 3 is 2.65 bits per heavy atom. The number of aromatic nitrogens is 2. The standard InChI is InChI=1S/C10H14F3N5O.ClH/c11-10(12,13)7-2-4-16-9(18-7)17-6-5-15-8(19)1-3-14;/h2,4H,1,3,5-6,14H2,(H,15,19)(H,16,17,18);1H. The number of hydrogen-bond acceptors (Lipinski definition) is 5. The topological polar surface area (TPSA) is 92.9 Å². The Morgan fingerprint density at radius 1 is 1.35 bits per heavy atom. The van der Waals surface area contributed by atoms with E-state index >= 15 is 0 Å². The monoisotopic (exact) mass is 313 g/mol. The van der Waals surface area contributed by atoms with Gasteiger partial charge in [0.15, 0.2) is 0 Å². The molecule has 1 heterocycles. The summed E-state index contributed by atoms with van der Waals surface area (Å²) < 4.78 is 37.1. The number of carbonyl (C=O) groups is 1. The van der Waals surface area contributed by atoms with Gasteiger partial charge in [0.25, 0.3) is 0 Å². The van der Waals surface area contributed by atoms with Crippen LogP contribution in [0.4, 0.5) is 19.1 Å². The first-order valence-corrected chi connectivity index (χ1v) is 5.54. The highest BCUT2D eigenvalue weighted by Crippen LogP contribution is 2.27. The molecule has 0 unspecified atom stereocenters. The third-order valence-electron chi connectivity index (χ3n) is 2.05. The van der Waals surface area contributed by atoms with Gasteiger partial charge in [-0.05, 0) is 6.07 Å². The van der Waals surface area contributed by atoms with Crippen LogP contribution in [0, 0.1) is 0 Å². The van der Waals surface area contributed by atoms with E-state index in [1.165, 1.54) is 0 Å². The summed E-state index contributed by atoms with van der Waals surface area (Å²) in [4.78, 5) is 18.0. The summed E-state index contributed by atoms with van der Waals surface area (Å²) in [5.41, 5.74) is 4.16. The van der Waals surface area contributed by atoms with Gasteiger partial charge in [0.1, 0.15) is 5.69 Å². The Bertz CT molecular complexity index is 430. The van der Waals surface area contributed by atoms with Crippen molar-refractivity contribution in [2.75, 3.05) is 25.0 Å². The lowest BCUT2D eigenvalue weighted by molar-refractivity contribution is -0.141. The molecular formula is C10H15ClF3N5O. The van der Waals surface area contributed by atoms with Crippen LogP contribution in [0.3, 0.4) is 0 Å². The van der Waals surface area contributed by atoms with Crippen LogP contribution in [0.5, 0.6) is 0 Å². The molecule has 10 heteroatoms. The Labute approximate surface area is 119 Å². The lowest BCUT2D eigenvalue weighted by Gasteiger charge is -2.09. The molecule has 0 spiro atoms. The molecule has 0 aliphatic carbocycles. The lowest BCUT2D eigenvalue weighted by Crippen LogP contribution is -2.30. The third kappa shape index (κ3) is 6.53. The molecule has 1 aromatic rings. The number of rotatable bonds is 6. The van der Waals surface area contributed by atoms with Crippen molar-refractivity contribution < 1.29 is 18.0 Å². The van der Waals surface area contributed by atoms with Gasteiger partial charge >= 0.3 is 6.18 Å². The molecule has 6 nitrogen and oxygen atoms in total. The minimum atomic E-state index is -4.51. The molecule has 1 aromatic heterocycles. The van der Waals surface area contributed by atoms with Gasteiger partial charge in [-0.3, -0.25) is 4.79 Å². The first kappa shape index (κ1) is 18.4. The number of carbonyl (C=O) groups excluding carboxylic acids is 1. The van der Waals surface area contributed by atoms with E-state index in [-0.39, 0.29) is 50.3 Å². The van der Waals surface area contributed by atoms with E-state index in [0.29, 0.717) is 0 Å². The summed E-state index contributed by atoms with van der Waals surface area (Å²) in [5.74, 6) is -0.350. The van der Waals surface area contributed by atoms with Gasteiger partial charge < -0.3 is 16.4 Å². The molecule has 4 N–H and O–H groups in total. The molecule has 0 saturated heterocycles. The summed E-state index contributed by atoms with van der Waals surface area (Å²) >= 11 is 0. The molecule has 1 rings (SSSR count). The van der Waals surface area contributed by atoms with Gasteiger partial charge in [-0.1, -0.05) is 0 Å². The van der Waals surface area contributed by atoms with Crippen LogP contribution in [-0.2, 0) is 11.0 Å². The zero-order valence-electron chi connectivity index (χ0n) is 10.4. The van der Waals surface area contributed by atoms with Crippen molar-refractivity contribution in [2.45, 2.75) is 12.6 Å². The van der Waals surface area contributed by atoms with Crippen molar-refractivity contribution in [1.82, 2.24) is 15.3 Å². The number of alkyl halides is 3. The maximum Gasteiger partial charge on any atom is 0.433 e. The zero-order valence-corrected chi connectivity index (χ0v) is 11.2. The summed E-state index contributed by atoms with van der Waals surface area (Å²) in [6.07, 6.45) is -3.28. The smallest absolute Gasteiger partial charge is 0.354 e. The van der Waals surface area contributed by atoms with Crippen LogP contribution < -0.4 is 16.4 Å². The van der Waals surface area contributed by atoms with E-state index in [9.17, 15) is 18.0 Å². The molecule has 1 amide bonds. The molecule has 0 bridgehead atoms. The molecule has 0 aromatic carbocycles. The van der Waals surface area contributed by atoms with Crippen molar-refractivity contribution >= 4 is 24.3 Å². The van der Waals surface area contributed by atoms with Gasteiger partial charge in [-0.2, -0.15) is 13.2 Å². The second kappa shape index (κ2) is 8.54. The molecule has 114 valence electrons. The zero-order chi connectivity index (χ0) is 14.3. The average Bonchev–Trinajstić information content (AvgIpc) is 2.34. The highest BCUT2D eigenvalue weighted by atomic mass is 35.5. The predicted octanol–water partition coefficient (Wildman–Crippen LogP) is 0.794. The minimum Gasteiger partial charge on any atom is -0.354 e. The van der Waals surface area contributed by atoms with E-state index in [0.717, 1.165) is 12.3 Å². The van der Waals surface area contributed by atoms with Gasteiger partial charge in [-0.15, -0.1) is 12.4 Å². The number of nitrogens with one attached hydrogen (secondary N) is 2. The van der Waals surface area contributed by atoms with Crippen LogP contribution in [0.25, 0.3) is 0 Å². The molecule has 20 heavy (non-hydrogen) atoms. The minimum absolute atomic E-state index is 0. The highest BCUT2D eigenvalue weighted by molar-refractivity contribution is 5.85. The average molecular weight is 314 g/mol. The Balaban J connectivity index is 0.00000361. The first-order valence-electron chi connectivity index (χ1n) is 5.54. The largest absolute Gasteiger partial charge is 0.433 e. The van der Waals surface area contributed by atoms with Crippen LogP contribution in [-0.4, -0.2) is 35.5 Å². The number of nitrogens with two attached hydrogens (primary N) is 1. The van der Waals surface area contributed by atoms with Crippen molar-refractivity contribution in [2.24, 2.45) is 5.73 Å². The van der Waals surface area contributed by atoms with Crippen molar-refractivity contribution in [1.29, 1.82) is 0 Å². The van der Waals surface area contributed by atoms with Crippen molar-refractivity contribution in [3.63, 3.8) is 0 Å². The van der Waals surface area contributed by atoms with Gasteiger partial charge in [0.2, 0.25) is 11.9 Å². The molecule has 0 fully saturated rings. The molecular weight excluding hydrogens is 299 g/mol. The van der Waals surface area contributed by atoms with E-state index in [4.69, 9.17) is 5.73 Å². The molecule has 0 radical (unpaired) electrons. The Morgan fingerprint density at radius 2 is 2.05 bits per heavy atom. The highest BCUT2D eigenvalue weighted by Gasteiger charge is 2.32. The second-order valence-corrected chi connectivity index (χ2v) is 3.58. The number of amides is 1. The van der Waals surface area contributed by atoms with Crippen LogP contribution in [0.2, 0.25) is 0 Å². The van der Waals surface area contributed by atoms with Crippen molar-refractivity contribution in [3.05, 3.63) is 18.0 Å². The SMILES string of the molecule is Cl.NCCC(=O)NCCNc1nccc(C(F)(F)F)n1. The Hall–Kier alpha value is -1.61. The number of anilines is 1. The Kier molecular flexibility index (Phi) is 7.85. The summed E-state index contributed by atoms with van der Waals surface area (Å²) in [6.45, 7) is 0.714. The maximum atomic E-state index is 12.4. The third-order valence-corrected chi connectivity index (χ3v) is 2.05. The predicted molar refractivity (Wildman–Crippen MR) is 69.5 cm³/mol. The molecule has 0 atom stereocenters. The fraction of sp³-hybridized carbons (Fsp3) is 0.500. The molecule has 0 aliphatic rings. The van der Waals surface area contributed by atoms with Crippen LogP contribution in [0.1, 0.15) is 12.1 Å². The normalized spacial score (nSPS) is 10.6. The van der Waals surface area contributed by atoms with Gasteiger partial charge in [0, 0.05) is 32.3 Å². The number of nitrogens with zero attached hydrogens (tertiary/aromatic N) is 2. The quantitative estimate of drug-likeness (QED) is 0.675. The molecule has 0 saturated carbocycles. The van der Waals surface area contributed by atoms with Crippen LogP contribution >= 0.6 is 12.4 Å². The van der Waals surface area contributed by atoms with Crippen molar-refractivity contribution in [3.8, 4) is 0 Å². The first-order chi connectivity index (χ1) is 8.93. The summed E-state index contributed by atoms with van der Waals surface area (Å²) in [5, 5.41) is 5.13. The number of halogens is 4. The van der Waals surface area contributed by atoms with E-state index in [2.05, 4.69) is 20.6 Å².